The number of aromatic hydroxyl groups is 1. The second-order valence-corrected chi connectivity index (χ2v) is 6.83. The molecule has 6 nitrogen and oxygen atoms in total. The third-order valence-electron chi connectivity index (χ3n) is 5.28. The fraction of sp³-hybridized carbons (Fsp3) is 0.556. The zero-order chi connectivity index (χ0) is 18.0. The van der Waals surface area contributed by atoms with Crippen LogP contribution in [0.15, 0.2) is 18.2 Å². The molecular weight excluding hydrogens is 327 g/mol. The summed E-state index contributed by atoms with van der Waals surface area (Å²) in [5.41, 5.74) is -0.273. The lowest BCUT2D eigenvalue weighted by Gasteiger charge is -2.41. The Hall–Kier alpha value is -2.15. The third-order valence-corrected chi connectivity index (χ3v) is 5.28. The van der Waals surface area contributed by atoms with Crippen LogP contribution in [0.3, 0.4) is 0 Å². The van der Waals surface area contributed by atoms with E-state index in [9.17, 15) is 24.2 Å². The lowest BCUT2D eigenvalue weighted by Crippen LogP contribution is -2.50. The number of carboxylic acid groups (broad SMARTS) is 1. The maximum absolute atomic E-state index is 13.9. The van der Waals surface area contributed by atoms with Crippen molar-refractivity contribution in [3.05, 3.63) is 29.6 Å². The number of hydrogen-bond donors (Lipinski definition) is 2. The molecule has 2 N–H and O–H groups in total. The zero-order valence-electron chi connectivity index (χ0n) is 14.0. The van der Waals surface area contributed by atoms with E-state index in [2.05, 4.69) is 4.90 Å². The summed E-state index contributed by atoms with van der Waals surface area (Å²) in [7, 11) is 0. The Labute approximate surface area is 145 Å². The molecule has 1 amide bonds. The average molecular weight is 350 g/mol. The van der Waals surface area contributed by atoms with Gasteiger partial charge in [-0.15, -0.1) is 0 Å². The summed E-state index contributed by atoms with van der Waals surface area (Å²) in [5.74, 6) is -2.60. The number of likely N-dealkylation sites (tertiary alicyclic amines) is 2. The van der Waals surface area contributed by atoms with Gasteiger partial charge >= 0.3 is 5.97 Å². The molecule has 2 fully saturated rings. The maximum Gasteiger partial charge on any atom is 0.307 e. The van der Waals surface area contributed by atoms with Gasteiger partial charge in [0.15, 0.2) is 0 Å². The molecular formula is C18H23FN2O4. The molecule has 25 heavy (non-hydrogen) atoms. The second-order valence-electron chi connectivity index (χ2n) is 6.83. The van der Waals surface area contributed by atoms with Gasteiger partial charge in [-0.2, -0.15) is 0 Å². The minimum absolute atomic E-state index is 0.250. The van der Waals surface area contributed by atoms with E-state index in [1.807, 2.05) is 0 Å². The number of carbonyl (C=O) groups excluding carboxylic acids is 1. The van der Waals surface area contributed by atoms with Crippen LogP contribution < -0.4 is 0 Å². The van der Waals surface area contributed by atoms with Gasteiger partial charge in [-0.25, -0.2) is 4.39 Å². The molecule has 0 aliphatic carbocycles. The molecule has 0 aromatic heterocycles. The Bertz CT molecular complexity index is 638. The van der Waals surface area contributed by atoms with E-state index in [4.69, 9.17) is 0 Å². The first-order valence-corrected chi connectivity index (χ1v) is 8.71. The van der Waals surface area contributed by atoms with E-state index in [1.165, 1.54) is 18.2 Å². The first-order valence-electron chi connectivity index (χ1n) is 8.71. The highest BCUT2D eigenvalue weighted by molar-refractivity contribution is 5.97. The molecule has 0 radical (unpaired) electrons. The van der Waals surface area contributed by atoms with Crippen molar-refractivity contribution < 1.29 is 24.2 Å². The predicted molar refractivity (Wildman–Crippen MR) is 88.9 cm³/mol. The Morgan fingerprint density at radius 3 is 2.48 bits per heavy atom. The van der Waals surface area contributed by atoms with Gasteiger partial charge in [0.05, 0.1) is 5.92 Å². The molecule has 3 rings (SSSR count). The average Bonchev–Trinajstić information content (AvgIpc) is 2.61. The summed E-state index contributed by atoms with van der Waals surface area (Å²) >= 11 is 0. The van der Waals surface area contributed by atoms with E-state index in [0.717, 1.165) is 32.2 Å². The van der Waals surface area contributed by atoms with Crippen LogP contribution in [-0.2, 0) is 4.79 Å². The first-order chi connectivity index (χ1) is 12.0. The van der Waals surface area contributed by atoms with Crippen molar-refractivity contribution >= 4 is 11.9 Å². The normalized spacial score (nSPS) is 22.8. The van der Waals surface area contributed by atoms with E-state index in [1.54, 1.807) is 4.90 Å². The van der Waals surface area contributed by atoms with Crippen LogP contribution in [0, 0.1) is 11.7 Å². The van der Waals surface area contributed by atoms with Crippen LogP contribution in [0.2, 0.25) is 0 Å². The standard InChI is InChI=1S/C18H23FN2O4/c19-14-4-1-5-15(22)16(14)17(23)20-9-6-13(7-10-20)21-8-2-3-12(11-21)18(24)25/h1,4-5,12-13,22H,2-3,6-11H2,(H,24,25). The quantitative estimate of drug-likeness (QED) is 0.871. The minimum Gasteiger partial charge on any atom is -0.507 e. The summed E-state index contributed by atoms with van der Waals surface area (Å²) in [4.78, 5) is 27.5. The molecule has 1 atom stereocenters. The number of carboxylic acids is 1. The van der Waals surface area contributed by atoms with Crippen LogP contribution in [0.1, 0.15) is 36.0 Å². The zero-order valence-corrected chi connectivity index (χ0v) is 14.0. The topological polar surface area (TPSA) is 81.1 Å². The molecule has 7 heteroatoms. The number of hydrogen-bond acceptors (Lipinski definition) is 4. The van der Waals surface area contributed by atoms with Crippen LogP contribution in [0.4, 0.5) is 4.39 Å². The van der Waals surface area contributed by atoms with E-state index < -0.39 is 17.7 Å². The Morgan fingerprint density at radius 2 is 1.84 bits per heavy atom. The van der Waals surface area contributed by atoms with Gasteiger partial charge in [0.2, 0.25) is 0 Å². The van der Waals surface area contributed by atoms with Gasteiger partial charge in [-0.1, -0.05) is 6.07 Å². The van der Waals surface area contributed by atoms with Gasteiger partial charge in [-0.3, -0.25) is 14.5 Å². The lowest BCUT2D eigenvalue weighted by molar-refractivity contribution is -0.144. The number of phenols is 1. The molecule has 2 aliphatic heterocycles. The number of aliphatic carboxylic acids is 1. The smallest absolute Gasteiger partial charge is 0.307 e. The predicted octanol–water partition coefficient (Wildman–Crippen LogP) is 1.93. The largest absolute Gasteiger partial charge is 0.507 e. The molecule has 2 aliphatic rings. The number of piperidine rings is 2. The highest BCUT2D eigenvalue weighted by Crippen LogP contribution is 2.27. The van der Waals surface area contributed by atoms with Crippen LogP contribution in [0.5, 0.6) is 5.75 Å². The first kappa shape index (κ1) is 17.7. The molecule has 136 valence electrons. The second kappa shape index (κ2) is 7.39. The Morgan fingerprint density at radius 1 is 1.12 bits per heavy atom. The number of nitrogens with zero attached hydrogens (tertiary/aromatic N) is 2. The lowest BCUT2D eigenvalue weighted by atomic mass is 9.94. The molecule has 0 saturated carbocycles. The third kappa shape index (κ3) is 3.76. The van der Waals surface area contributed by atoms with Gasteiger partial charge in [0.1, 0.15) is 17.1 Å². The number of benzene rings is 1. The molecule has 1 aromatic carbocycles. The highest BCUT2D eigenvalue weighted by Gasteiger charge is 2.33. The number of amides is 1. The summed E-state index contributed by atoms with van der Waals surface area (Å²) < 4.78 is 13.9. The van der Waals surface area contributed by atoms with Crippen LogP contribution in [0.25, 0.3) is 0 Å². The van der Waals surface area contributed by atoms with Gasteiger partial charge in [-0.05, 0) is 44.4 Å². The summed E-state index contributed by atoms with van der Waals surface area (Å²) in [6, 6.07) is 4.09. The van der Waals surface area contributed by atoms with Crippen LogP contribution >= 0.6 is 0 Å². The van der Waals surface area contributed by atoms with Crippen molar-refractivity contribution in [3.63, 3.8) is 0 Å². The van der Waals surface area contributed by atoms with E-state index in [-0.39, 0.29) is 23.3 Å². The maximum atomic E-state index is 13.9. The van der Waals surface area contributed by atoms with Gasteiger partial charge in [0.25, 0.3) is 5.91 Å². The van der Waals surface area contributed by atoms with Crippen molar-refractivity contribution in [1.29, 1.82) is 0 Å². The molecule has 1 unspecified atom stereocenters. The SMILES string of the molecule is O=C(O)C1CCCN(C2CCN(C(=O)c3c(O)cccc3F)CC2)C1. The molecule has 0 bridgehead atoms. The minimum atomic E-state index is -0.743. The van der Waals surface area contributed by atoms with Crippen molar-refractivity contribution in [1.82, 2.24) is 9.80 Å². The van der Waals surface area contributed by atoms with Crippen molar-refractivity contribution in [3.8, 4) is 5.75 Å². The van der Waals surface area contributed by atoms with Gasteiger partial charge < -0.3 is 15.1 Å². The van der Waals surface area contributed by atoms with Gasteiger partial charge in [0, 0.05) is 25.7 Å². The Kier molecular flexibility index (Phi) is 5.22. The highest BCUT2D eigenvalue weighted by atomic mass is 19.1. The molecule has 1 aromatic rings. The molecule has 2 saturated heterocycles. The number of halogens is 1. The number of rotatable bonds is 3. The van der Waals surface area contributed by atoms with E-state index in [0.29, 0.717) is 19.6 Å². The summed E-state index contributed by atoms with van der Waals surface area (Å²) in [6.07, 6.45) is 3.05. The molecule has 0 spiro atoms. The van der Waals surface area contributed by atoms with Crippen molar-refractivity contribution in [2.45, 2.75) is 31.7 Å². The monoisotopic (exact) mass is 350 g/mol. The van der Waals surface area contributed by atoms with E-state index >= 15 is 0 Å². The van der Waals surface area contributed by atoms with Crippen LogP contribution in [-0.4, -0.2) is 64.1 Å². The van der Waals surface area contributed by atoms with Crippen molar-refractivity contribution in [2.75, 3.05) is 26.2 Å². The summed E-state index contributed by atoms with van der Waals surface area (Å²) in [5, 5.41) is 19.0. The fourth-order valence-corrected chi connectivity index (χ4v) is 3.86. The Balaban J connectivity index is 1.60. The van der Waals surface area contributed by atoms with Crippen molar-refractivity contribution in [2.24, 2.45) is 5.92 Å². The summed E-state index contributed by atoms with van der Waals surface area (Å²) in [6.45, 7) is 2.40. The number of carbonyl (C=O) groups is 2. The fourth-order valence-electron chi connectivity index (χ4n) is 3.86. The molecule has 2 heterocycles. The number of phenolic OH excluding ortho intramolecular Hbond substituents is 1.